The van der Waals surface area contributed by atoms with Crippen LogP contribution in [0.5, 0.6) is 0 Å². The molecule has 7 heteroatoms. The van der Waals surface area contributed by atoms with Gasteiger partial charge < -0.3 is 5.32 Å². The van der Waals surface area contributed by atoms with Gasteiger partial charge in [0.1, 0.15) is 6.54 Å². The molecule has 0 aliphatic carbocycles. The molecule has 0 heterocycles. The third-order valence-corrected chi connectivity index (χ3v) is 7.44. The first-order chi connectivity index (χ1) is 14.7. The Hall–Kier alpha value is -2.39. The van der Waals surface area contributed by atoms with Crippen LogP contribution in [0.15, 0.2) is 71.6 Å². The summed E-state index contributed by atoms with van der Waals surface area (Å²) in [5.74, 6) is -0.397. The zero-order valence-electron chi connectivity index (χ0n) is 17.7. The summed E-state index contributed by atoms with van der Waals surface area (Å²) >= 11 is 2.21. The lowest BCUT2D eigenvalue weighted by Crippen LogP contribution is -2.38. The van der Waals surface area contributed by atoms with Crippen LogP contribution in [0.2, 0.25) is 0 Å². The van der Waals surface area contributed by atoms with Crippen LogP contribution in [-0.2, 0) is 21.2 Å². The van der Waals surface area contributed by atoms with Crippen molar-refractivity contribution in [3.05, 3.63) is 87.0 Å². The van der Waals surface area contributed by atoms with Crippen LogP contribution in [0.1, 0.15) is 23.6 Å². The molecule has 0 radical (unpaired) electrons. The van der Waals surface area contributed by atoms with Gasteiger partial charge in [0, 0.05) is 9.26 Å². The number of nitrogens with one attached hydrogen (secondary N) is 1. The van der Waals surface area contributed by atoms with Crippen LogP contribution >= 0.6 is 22.6 Å². The number of benzene rings is 3. The maximum atomic E-state index is 13.6. The maximum absolute atomic E-state index is 13.6. The predicted octanol–water partition coefficient (Wildman–Crippen LogP) is 5.30. The molecule has 3 aromatic carbocycles. The van der Waals surface area contributed by atoms with Crippen LogP contribution in [0.3, 0.4) is 0 Å². The normalized spacial score (nSPS) is 11.2. The Morgan fingerprint density at radius 2 is 1.68 bits per heavy atom. The Morgan fingerprint density at radius 3 is 2.32 bits per heavy atom. The van der Waals surface area contributed by atoms with E-state index in [-0.39, 0.29) is 11.4 Å². The lowest BCUT2D eigenvalue weighted by atomic mass is 10.1. The smallest absolute Gasteiger partial charge is 0.264 e. The van der Waals surface area contributed by atoms with Gasteiger partial charge >= 0.3 is 0 Å². The average molecular weight is 548 g/mol. The summed E-state index contributed by atoms with van der Waals surface area (Å²) in [6, 6.07) is 19.6. The van der Waals surface area contributed by atoms with Crippen molar-refractivity contribution in [2.75, 3.05) is 16.2 Å². The number of hydrogen-bond donors (Lipinski definition) is 1. The van der Waals surface area contributed by atoms with Crippen molar-refractivity contribution in [3.8, 4) is 0 Å². The molecule has 3 aromatic rings. The quantitative estimate of drug-likeness (QED) is 0.408. The number of carbonyl (C=O) groups excluding carboxylic acids is 1. The SMILES string of the molecule is CCc1ccccc1N(CC(=O)Nc1ccc(I)cc1C)S(=O)(=O)c1ccc(C)cc1. The minimum Gasteiger partial charge on any atom is -0.324 e. The van der Waals surface area contributed by atoms with E-state index in [9.17, 15) is 13.2 Å². The lowest BCUT2D eigenvalue weighted by molar-refractivity contribution is -0.114. The van der Waals surface area contributed by atoms with Crippen molar-refractivity contribution in [1.29, 1.82) is 0 Å². The number of halogens is 1. The molecule has 0 saturated carbocycles. The van der Waals surface area contributed by atoms with Crippen LogP contribution in [-0.4, -0.2) is 20.9 Å². The van der Waals surface area contributed by atoms with Crippen LogP contribution in [0.4, 0.5) is 11.4 Å². The molecule has 1 N–H and O–H groups in total. The van der Waals surface area contributed by atoms with Gasteiger partial charge in [-0.3, -0.25) is 9.10 Å². The second kappa shape index (κ2) is 9.82. The van der Waals surface area contributed by atoms with E-state index in [4.69, 9.17) is 0 Å². The van der Waals surface area contributed by atoms with Crippen molar-refractivity contribution in [3.63, 3.8) is 0 Å². The van der Waals surface area contributed by atoms with Gasteiger partial charge in [0.25, 0.3) is 10.0 Å². The topological polar surface area (TPSA) is 66.5 Å². The maximum Gasteiger partial charge on any atom is 0.264 e. The van der Waals surface area contributed by atoms with Gasteiger partial charge in [-0.1, -0.05) is 42.8 Å². The Bertz CT molecular complexity index is 1190. The predicted molar refractivity (Wildman–Crippen MR) is 134 cm³/mol. The third kappa shape index (κ3) is 5.46. The third-order valence-electron chi connectivity index (χ3n) is 5.00. The number of sulfonamides is 1. The lowest BCUT2D eigenvalue weighted by Gasteiger charge is -2.26. The van der Waals surface area contributed by atoms with Crippen molar-refractivity contribution < 1.29 is 13.2 Å². The highest BCUT2D eigenvalue weighted by Crippen LogP contribution is 2.28. The molecule has 0 aliphatic heterocycles. The molecular weight excluding hydrogens is 523 g/mol. The van der Waals surface area contributed by atoms with E-state index in [0.717, 1.165) is 20.3 Å². The van der Waals surface area contributed by atoms with Gasteiger partial charge in [0.05, 0.1) is 10.6 Å². The monoisotopic (exact) mass is 548 g/mol. The van der Waals surface area contributed by atoms with Gasteiger partial charge in [-0.15, -0.1) is 0 Å². The van der Waals surface area contributed by atoms with E-state index >= 15 is 0 Å². The molecule has 0 spiro atoms. The molecule has 31 heavy (non-hydrogen) atoms. The summed E-state index contributed by atoms with van der Waals surface area (Å²) < 4.78 is 29.4. The number of para-hydroxylation sites is 1. The molecule has 5 nitrogen and oxygen atoms in total. The second-order valence-corrected chi connectivity index (χ2v) is 10.4. The summed E-state index contributed by atoms with van der Waals surface area (Å²) in [6.07, 6.45) is 0.647. The van der Waals surface area contributed by atoms with E-state index in [2.05, 4.69) is 27.9 Å². The number of rotatable bonds is 7. The molecule has 0 aliphatic rings. The number of anilines is 2. The zero-order valence-corrected chi connectivity index (χ0v) is 20.7. The van der Waals surface area contributed by atoms with Crippen molar-refractivity contribution in [2.24, 2.45) is 0 Å². The Balaban J connectivity index is 1.99. The highest BCUT2D eigenvalue weighted by atomic mass is 127. The first-order valence-electron chi connectivity index (χ1n) is 9.95. The fourth-order valence-electron chi connectivity index (χ4n) is 3.28. The first-order valence-corrected chi connectivity index (χ1v) is 12.5. The highest BCUT2D eigenvalue weighted by Gasteiger charge is 2.28. The average Bonchev–Trinajstić information content (AvgIpc) is 2.74. The van der Waals surface area contributed by atoms with Crippen molar-refractivity contribution in [2.45, 2.75) is 32.1 Å². The molecule has 0 fully saturated rings. The van der Waals surface area contributed by atoms with Gasteiger partial charge in [-0.25, -0.2) is 8.42 Å². The number of hydrogen-bond acceptors (Lipinski definition) is 3. The Kier molecular flexibility index (Phi) is 7.38. The van der Waals surface area contributed by atoms with E-state index in [1.165, 1.54) is 4.31 Å². The van der Waals surface area contributed by atoms with E-state index < -0.39 is 15.9 Å². The van der Waals surface area contributed by atoms with Gasteiger partial charge in [-0.05, 0) is 90.4 Å². The molecule has 0 atom stereocenters. The van der Waals surface area contributed by atoms with Crippen molar-refractivity contribution >= 4 is 49.9 Å². The fourth-order valence-corrected chi connectivity index (χ4v) is 5.38. The summed E-state index contributed by atoms with van der Waals surface area (Å²) in [4.78, 5) is 13.1. The van der Waals surface area contributed by atoms with Gasteiger partial charge in [-0.2, -0.15) is 0 Å². The molecule has 1 amide bonds. The molecule has 0 bridgehead atoms. The number of amides is 1. The molecule has 0 unspecified atom stereocenters. The summed E-state index contributed by atoms with van der Waals surface area (Å²) in [7, 11) is -3.94. The van der Waals surface area contributed by atoms with E-state index in [1.54, 1.807) is 36.4 Å². The Labute approximate surface area is 197 Å². The van der Waals surface area contributed by atoms with Gasteiger partial charge in [0.15, 0.2) is 0 Å². The summed E-state index contributed by atoms with van der Waals surface area (Å²) in [5.41, 5.74) is 3.92. The van der Waals surface area contributed by atoms with E-state index in [0.29, 0.717) is 17.8 Å². The highest BCUT2D eigenvalue weighted by molar-refractivity contribution is 14.1. The van der Waals surface area contributed by atoms with Crippen LogP contribution in [0.25, 0.3) is 0 Å². The molecule has 0 saturated heterocycles. The molecule has 0 aromatic heterocycles. The zero-order chi connectivity index (χ0) is 22.6. The Morgan fingerprint density at radius 1 is 1.00 bits per heavy atom. The number of aryl methyl sites for hydroxylation is 3. The largest absolute Gasteiger partial charge is 0.324 e. The summed E-state index contributed by atoms with van der Waals surface area (Å²) in [6.45, 7) is 5.45. The van der Waals surface area contributed by atoms with E-state index in [1.807, 2.05) is 51.1 Å². The number of nitrogens with zero attached hydrogens (tertiary/aromatic N) is 1. The molecular formula is C24H25IN2O3S. The minimum atomic E-state index is -3.94. The second-order valence-electron chi connectivity index (χ2n) is 7.31. The van der Waals surface area contributed by atoms with Gasteiger partial charge in [0.2, 0.25) is 5.91 Å². The summed E-state index contributed by atoms with van der Waals surface area (Å²) in [5, 5.41) is 2.86. The standard InChI is InChI=1S/C24H25IN2O3S/c1-4-19-7-5-6-8-23(19)27(31(29,30)21-12-9-17(2)10-13-21)16-24(28)26-22-14-11-20(25)15-18(22)3/h5-15H,4,16H2,1-3H3,(H,26,28). The van der Waals surface area contributed by atoms with Crippen molar-refractivity contribution in [1.82, 2.24) is 0 Å². The number of carbonyl (C=O) groups is 1. The molecule has 162 valence electrons. The van der Waals surface area contributed by atoms with Crippen LogP contribution in [0, 0.1) is 17.4 Å². The molecule has 3 rings (SSSR count). The fraction of sp³-hybridized carbons (Fsp3) is 0.208. The van der Waals surface area contributed by atoms with Crippen LogP contribution < -0.4 is 9.62 Å². The minimum absolute atomic E-state index is 0.155. The first kappa shape index (κ1) is 23.3.